The summed E-state index contributed by atoms with van der Waals surface area (Å²) in [6, 6.07) is 0. The van der Waals surface area contributed by atoms with Crippen molar-refractivity contribution in [2.75, 3.05) is 0 Å². The minimum absolute atomic E-state index is 0.0226. The molecule has 10 atom stereocenters. The lowest BCUT2D eigenvalue weighted by atomic mass is 9.43. The lowest BCUT2D eigenvalue weighted by Gasteiger charge is -2.62. The van der Waals surface area contributed by atoms with E-state index in [-0.39, 0.29) is 17.6 Å². The predicted octanol–water partition coefficient (Wildman–Crippen LogP) is 5.47. The molecule has 4 fully saturated rings. The minimum atomic E-state index is -0.214. The zero-order chi connectivity index (χ0) is 20.3. The summed E-state index contributed by atoms with van der Waals surface area (Å²) in [4.78, 5) is 0. The molecule has 0 bridgehead atoms. The topological polar surface area (TPSA) is 60.7 Å². The maximum atomic E-state index is 11.5. The first-order valence-electron chi connectivity index (χ1n) is 11.9. The van der Waals surface area contributed by atoms with E-state index >= 15 is 0 Å². The summed E-state index contributed by atoms with van der Waals surface area (Å²) in [6.07, 6.45) is 10.4. The van der Waals surface area contributed by atoms with Gasteiger partial charge in [-0.3, -0.25) is 0 Å². The SMILES string of the molecule is C=C(O)CC[C@@H](C)[C@H]1CC[C@H]2[C@@H]3CC[C@@H]4C[C@H](O)CC[C@]4(C)[C@H]3C[C@H](O)[C@]12C. The zero-order valence-electron chi connectivity index (χ0n) is 18.2. The Morgan fingerprint density at radius 1 is 1.04 bits per heavy atom. The second kappa shape index (κ2) is 7.30. The monoisotopic (exact) mass is 390 g/mol. The number of rotatable bonds is 4. The molecule has 160 valence electrons. The summed E-state index contributed by atoms with van der Waals surface area (Å²) in [5.74, 6) is 4.00. The highest BCUT2D eigenvalue weighted by atomic mass is 16.3. The number of fused-ring (bicyclic) bond motifs is 5. The molecule has 4 aliphatic carbocycles. The molecule has 0 saturated heterocycles. The van der Waals surface area contributed by atoms with Crippen LogP contribution < -0.4 is 0 Å². The highest BCUT2D eigenvalue weighted by molar-refractivity contribution is 5.12. The highest BCUT2D eigenvalue weighted by Gasteiger charge is 2.63. The van der Waals surface area contributed by atoms with Crippen molar-refractivity contribution in [1.29, 1.82) is 0 Å². The van der Waals surface area contributed by atoms with E-state index in [1.165, 1.54) is 25.7 Å². The lowest BCUT2D eigenvalue weighted by molar-refractivity contribution is -0.174. The van der Waals surface area contributed by atoms with E-state index in [0.29, 0.717) is 47.2 Å². The molecule has 0 aromatic rings. The Morgan fingerprint density at radius 2 is 1.79 bits per heavy atom. The van der Waals surface area contributed by atoms with Gasteiger partial charge in [0.25, 0.3) is 0 Å². The Morgan fingerprint density at radius 3 is 2.50 bits per heavy atom. The van der Waals surface area contributed by atoms with Crippen molar-refractivity contribution in [1.82, 2.24) is 0 Å². The van der Waals surface area contributed by atoms with Crippen LogP contribution in [0.1, 0.15) is 85.0 Å². The summed E-state index contributed by atoms with van der Waals surface area (Å²) in [6.45, 7) is 10.9. The van der Waals surface area contributed by atoms with E-state index in [0.717, 1.165) is 38.0 Å². The largest absolute Gasteiger partial charge is 0.513 e. The summed E-state index contributed by atoms with van der Waals surface area (Å²) in [5.41, 5.74) is 0.331. The van der Waals surface area contributed by atoms with Crippen LogP contribution in [0.25, 0.3) is 0 Å². The minimum Gasteiger partial charge on any atom is -0.513 e. The van der Waals surface area contributed by atoms with Gasteiger partial charge < -0.3 is 15.3 Å². The maximum Gasteiger partial charge on any atom is 0.0851 e. The fourth-order valence-corrected chi connectivity index (χ4v) is 8.76. The number of hydrogen-bond donors (Lipinski definition) is 3. The molecule has 4 saturated carbocycles. The van der Waals surface area contributed by atoms with Crippen LogP contribution in [0.2, 0.25) is 0 Å². The quantitative estimate of drug-likeness (QED) is 0.558. The zero-order valence-corrected chi connectivity index (χ0v) is 18.2. The van der Waals surface area contributed by atoms with E-state index < -0.39 is 0 Å². The Hall–Kier alpha value is -0.540. The third-order valence-electron chi connectivity index (χ3n) is 10.4. The fourth-order valence-electron chi connectivity index (χ4n) is 8.76. The summed E-state index contributed by atoms with van der Waals surface area (Å²) in [5, 5.41) is 31.3. The van der Waals surface area contributed by atoms with Crippen LogP contribution in [0.15, 0.2) is 12.3 Å². The standard InChI is InChI=1S/C25H42O3/c1-15(5-6-16(2)26)20-9-10-21-19-8-7-17-13-18(27)11-12-24(17,3)22(19)14-23(28)25(20,21)4/h15,17-23,26-28H,2,5-14H2,1,3-4H3/t15-,17-,18-,19+,20-,21+,22+,23+,24+,25-/m1/s1. The molecule has 0 aliphatic heterocycles. The highest BCUT2D eigenvalue weighted by Crippen LogP contribution is 2.68. The van der Waals surface area contributed by atoms with Crippen LogP contribution in [-0.2, 0) is 0 Å². The van der Waals surface area contributed by atoms with E-state index in [1.807, 2.05) is 0 Å². The first-order valence-corrected chi connectivity index (χ1v) is 11.9. The van der Waals surface area contributed by atoms with Crippen molar-refractivity contribution in [2.45, 2.75) is 97.2 Å². The van der Waals surface area contributed by atoms with Gasteiger partial charge in [0.05, 0.1) is 18.0 Å². The summed E-state index contributed by atoms with van der Waals surface area (Å²) < 4.78 is 0. The number of allylic oxidation sites excluding steroid dienone is 1. The van der Waals surface area contributed by atoms with Crippen LogP contribution >= 0.6 is 0 Å². The Labute approximate surface area is 171 Å². The van der Waals surface area contributed by atoms with Gasteiger partial charge >= 0.3 is 0 Å². The van der Waals surface area contributed by atoms with Crippen molar-refractivity contribution in [3.8, 4) is 0 Å². The third kappa shape index (κ3) is 3.07. The van der Waals surface area contributed by atoms with Crippen LogP contribution in [0, 0.1) is 46.3 Å². The molecule has 0 unspecified atom stereocenters. The van der Waals surface area contributed by atoms with Crippen molar-refractivity contribution < 1.29 is 15.3 Å². The molecular formula is C25H42O3. The molecule has 28 heavy (non-hydrogen) atoms. The van der Waals surface area contributed by atoms with Crippen molar-refractivity contribution >= 4 is 0 Å². The lowest BCUT2D eigenvalue weighted by Crippen LogP contribution is -2.58. The average molecular weight is 391 g/mol. The van der Waals surface area contributed by atoms with Gasteiger partial charge in [-0.05, 0) is 104 Å². The molecule has 0 aromatic carbocycles. The summed E-state index contributed by atoms with van der Waals surface area (Å²) >= 11 is 0. The fraction of sp³-hybridized carbons (Fsp3) is 0.920. The first kappa shape index (κ1) is 20.7. The first-order chi connectivity index (χ1) is 13.2. The smallest absolute Gasteiger partial charge is 0.0851 e. The molecule has 0 spiro atoms. The Kier molecular flexibility index (Phi) is 5.41. The normalized spacial score (nSPS) is 51.7. The van der Waals surface area contributed by atoms with Gasteiger partial charge in [-0.25, -0.2) is 0 Å². The maximum absolute atomic E-state index is 11.5. The molecule has 3 nitrogen and oxygen atoms in total. The number of aliphatic hydroxyl groups excluding tert-OH is 3. The average Bonchev–Trinajstić information content (AvgIpc) is 3.00. The van der Waals surface area contributed by atoms with Crippen molar-refractivity contribution in [3.63, 3.8) is 0 Å². The predicted molar refractivity (Wildman–Crippen MR) is 113 cm³/mol. The number of aliphatic hydroxyl groups is 3. The van der Waals surface area contributed by atoms with Crippen molar-refractivity contribution in [3.05, 3.63) is 12.3 Å². The van der Waals surface area contributed by atoms with Gasteiger partial charge in [-0.1, -0.05) is 27.4 Å². The van der Waals surface area contributed by atoms with Crippen LogP contribution in [-0.4, -0.2) is 27.5 Å². The molecule has 0 amide bonds. The van der Waals surface area contributed by atoms with Crippen LogP contribution in [0.5, 0.6) is 0 Å². The van der Waals surface area contributed by atoms with E-state index in [1.54, 1.807) is 0 Å². The molecule has 0 aromatic heterocycles. The Bertz CT molecular complexity index is 603. The van der Waals surface area contributed by atoms with Crippen LogP contribution in [0.4, 0.5) is 0 Å². The third-order valence-corrected chi connectivity index (χ3v) is 10.4. The molecule has 4 rings (SSSR count). The van der Waals surface area contributed by atoms with Gasteiger partial charge in [0.15, 0.2) is 0 Å². The Balaban J connectivity index is 1.56. The molecule has 4 aliphatic rings. The summed E-state index contributed by atoms with van der Waals surface area (Å²) in [7, 11) is 0. The second-order valence-corrected chi connectivity index (χ2v) is 11.5. The van der Waals surface area contributed by atoms with Crippen LogP contribution in [0.3, 0.4) is 0 Å². The van der Waals surface area contributed by atoms with E-state index in [4.69, 9.17) is 0 Å². The second-order valence-electron chi connectivity index (χ2n) is 11.5. The van der Waals surface area contributed by atoms with Gasteiger partial charge in [-0.15, -0.1) is 0 Å². The van der Waals surface area contributed by atoms with Gasteiger partial charge in [0.1, 0.15) is 0 Å². The molecular weight excluding hydrogens is 348 g/mol. The number of hydrogen-bond acceptors (Lipinski definition) is 3. The van der Waals surface area contributed by atoms with Crippen molar-refractivity contribution in [2.24, 2.45) is 46.3 Å². The molecule has 3 heteroatoms. The molecule has 0 heterocycles. The van der Waals surface area contributed by atoms with Gasteiger partial charge in [0.2, 0.25) is 0 Å². The molecule has 3 N–H and O–H groups in total. The van der Waals surface area contributed by atoms with Gasteiger partial charge in [0, 0.05) is 6.42 Å². The molecule has 0 radical (unpaired) electrons. The van der Waals surface area contributed by atoms with E-state index in [9.17, 15) is 15.3 Å². The van der Waals surface area contributed by atoms with E-state index in [2.05, 4.69) is 27.4 Å². The van der Waals surface area contributed by atoms with Gasteiger partial charge in [-0.2, -0.15) is 0 Å².